The summed E-state index contributed by atoms with van der Waals surface area (Å²) in [5.41, 5.74) is 1.31. The molecule has 0 aliphatic rings. The fourth-order valence-corrected chi connectivity index (χ4v) is 1.29. The molecular formula is C10H9ClN4O. The smallest absolute Gasteiger partial charge is 0.258 e. The van der Waals surface area contributed by atoms with Crippen LogP contribution < -0.4 is 5.32 Å². The fraction of sp³-hybridized carbons (Fsp3) is 0.100. The number of hydrogen-bond acceptors (Lipinski definition) is 3. The van der Waals surface area contributed by atoms with Gasteiger partial charge >= 0.3 is 0 Å². The van der Waals surface area contributed by atoms with Crippen LogP contribution in [0.3, 0.4) is 0 Å². The molecule has 0 bridgehead atoms. The lowest BCUT2D eigenvalue weighted by molar-refractivity contribution is 0.102. The van der Waals surface area contributed by atoms with E-state index in [1.807, 2.05) is 6.92 Å². The first-order valence-corrected chi connectivity index (χ1v) is 4.98. The maximum absolute atomic E-state index is 11.7. The Morgan fingerprint density at radius 1 is 1.50 bits per heavy atom. The Labute approximate surface area is 96.8 Å². The van der Waals surface area contributed by atoms with E-state index in [-0.39, 0.29) is 5.91 Å². The predicted molar refractivity (Wildman–Crippen MR) is 60.5 cm³/mol. The number of nitrogens with one attached hydrogen (secondary N) is 2. The first kappa shape index (κ1) is 10.6. The van der Waals surface area contributed by atoms with Crippen molar-refractivity contribution in [1.82, 2.24) is 15.2 Å². The molecule has 1 amide bonds. The second-order valence-electron chi connectivity index (χ2n) is 3.26. The van der Waals surface area contributed by atoms with Crippen molar-refractivity contribution < 1.29 is 4.79 Å². The minimum atomic E-state index is -0.268. The number of aromatic nitrogens is 3. The summed E-state index contributed by atoms with van der Waals surface area (Å²) in [7, 11) is 0. The molecule has 0 atom stereocenters. The topological polar surface area (TPSA) is 70.7 Å². The van der Waals surface area contributed by atoms with Crippen molar-refractivity contribution in [1.29, 1.82) is 0 Å². The third-order valence-corrected chi connectivity index (χ3v) is 2.16. The highest BCUT2D eigenvalue weighted by atomic mass is 35.5. The van der Waals surface area contributed by atoms with E-state index in [0.717, 1.165) is 5.69 Å². The van der Waals surface area contributed by atoms with E-state index in [9.17, 15) is 4.79 Å². The van der Waals surface area contributed by atoms with Gasteiger partial charge < -0.3 is 5.32 Å². The Kier molecular flexibility index (Phi) is 2.87. The van der Waals surface area contributed by atoms with E-state index >= 15 is 0 Å². The van der Waals surface area contributed by atoms with E-state index in [2.05, 4.69) is 20.5 Å². The van der Waals surface area contributed by atoms with Gasteiger partial charge in [-0.2, -0.15) is 5.10 Å². The second-order valence-corrected chi connectivity index (χ2v) is 3.65. The van der Waals surface area contributed by atoms with Gasteiger partial charge in [-0.1, -0.05) is 11.6 Å². The zero-order valence-corrected chi connectivity index (χ0v) is 9.25. The molecule has 0 saturated carbocycles. The van der Waals surface area contributed by atoms with Crippen LogP contribution in [-0.2, 0) is 0 Å². The molecule has 0 fully saturated rings. The van der Waals surface area contributed by atoms with E-state index in [0.29, 0.717) is 16.5 Å². The number of hydrogen-bond donors (Lipinski definition) is 2. The van der Waals surface area contributed by atoms with E-state index in [4.69, 9.17) is 11.6 Å². The molecule has 6 heteroatoms. The number of carbonyl (C=O) groups excluding carboxylic acids is 1. The molecule has 2 rings (SSSR count). The number of aromatic amines is 1. The molecule has 0 unspecified atom stereocenters. The average molecular weight is 237 g/mol. The van der Waals surface area contributed by atoms with Crippen LogP contribution in [0.5, 0.6) is 0 Å². The lowest BCUT2D eigenvalue weighted by Gasteiger charge is -2.00. The Bertz CT molecular complexity index is 506. The number of amides is 1. The maximum atomic E-state index is 11.7. The van der Waals surface area contributed by atoms with Gasteiger partial charge in [0.2, 0.25) is 0 Å². The predicted octanol–water partition coefficient (Wildman–Crippen LogP) is 2.02. The number of anilines is 1. The largest absolute Gasteiger partial charge is 0.305 e. The summed E-state index contributed by atoms with van der Waals surface area (Å²) in [5.74, 6) is 0.216. The third-order valence-electron chi connectivity index (χ3n) is 1.94. The first-order chi connectivity index (χ1) is 7.65. The summed E-state index contributed by atoms with van der Waals surface area (Å²) >= 11 is 5.62. The van der Waals surface area contributed by atoms with E-state index < -0.39 is 0 Å². The standard InChI is InChI=1S/C10H9ClN4O/c1-6-4-9(15-14-6)13-10(16)7-2-3-8(11)12-5-7/h2-5H,1H3,(H2,13,14,15,16). The SMILES string of the molecule is Cc1cc(NC(=O)c2ccc(Cl)nc2)n[nH]1. The zero-order chi connectivity index (χ0) is 11.5. The van der Waals surface area contributed by atoms with Gasteiger partial charge in [0.05, 0.1) is 5.56 Å². The van der Waals surface area contributed by atoms with Crippen molar-refractivity contribution in [3.63, 3.8) is 0 Å². The van der Waals surface area contributed by atoms with Gasteiger partial charge in [-0.25, -0.2) is 4.98 Å². The molecule has 0 aliphatic carbocycles. The van der Waals surface area contributed by atoms with Crippen LogP contribution in [0.2, 0.25) is 5.15 Å². The van der Waals surface area contributed by atoms with E-state index in [1.54, 1.807) is 18.2 Å². The van der Waals surface area contributed by atoms with Gasteiger partial charge in [-0.05, 0) is 19.1 Å². The van der Waals surface area contributed by atoms with Crippen LogP contribution >= 0.6 is 11.6 Å². The lowest BCUT2D eigenvalue weighted by Crippen LogP contribution is -2.12. The van der Waals surface area contributed by atoms with Crippen molar-refractivity contribution in [2.75, 3.05) is 5.32 Å². The number of rotatable bonds is 2. The van der Waals surface area contributed by atoms with Crippen molar-refractivity contribution in [3.05, 3.63) is 40.8 Å². The van der Waals surface area contributed by atoms with Crippen molar-refractivity contribution in [2.24, 2.45) is 0 Å². The molecule has 2 aromatic heterocycles. The highest BCUT2D eigenvalue weighted by molar-refractivity contribution is 6.29. The van der Waals surface area contributed by atoms with Gasteiger partial charge in [0.1, 0.15) is 5.15 Å². The Balaban J connectivity index is 2.11. The molecule has 2 aromatic rings. The second kappa shape index (κ2) is 4.32. The van der Waals surface area contributed by atoms with Gasteiger partial charge in [0, 0.05) is 18.0 Å². The highest BCUT2D eigenvalue weighted by Gasteiger charge is 2.07. The molecule has 5 nitrogen and oxygen atoms in total. The van der Waals surface area contributed by atoms with Crippen molar-refractivity contribution >= 4 is 23.3 Å². The minimum absolute atomic E-state index is 0.268. The van der Waals surface area contributed by atoms with Crippen LogP contribution in [-0.4, -0.2) is 21.1 Å². The van der Waals surface area contributed by atoms with Crippen LogP contribution in [0.1, 0.15) is 16.1 Å². The molecule has 16 heavy (non-hydrogen) atoms. The van der Waals surface area contributed by atoms with Crippen molar-refractivity contribution in [2.45, 2.75) is 6.92 Å². The fourth-order valence-electron chi connectivity index (χ4n) is 1.18. The molecule has 2 N–H and O–H groups in total. The number of pyridine rings is 1. The monoisotopic (exact) mass is 236 g/mol. The van der Waals surface area contributed by atoms with Crippen molar-refractivity contribution in [3.8, 4) is 0 Å². The Hall–Kier alpha value is -1.88. The summed E-state index contributed by atoms with van der Waals surface area (Å²) in [6.45, 7) is 1.85. The number of halogens is 1. The molecule has 82 valence electrons. The number of nitrogens with zero attached hydrogens (tertiary/aromatic N) is 2. The number of carbonyl (C=O) groups is 1. The van der Waals surface area contributed by atoms with Gasteiger partial charge in [0.15, 0.2) is 5.82 Å². The Morgan fingerprint density at radius 3 is 2.88 bits per heavy atom. The molecular weight excluding hydrogens is 228 g/mol. The van der Waals surface area contributed by atoms with Gasteiger partial charge in [-0.15, -0.1) is 0 Å². The van der Waals surface area contributed by atoms with Gasteiger partial charge in [0.25, 0.3) is 5.91 Å². The maximum Gasteiger partial charge on any atom is 0.258 e. The first-order valence-electron chi connectivity index (χ1n) is 4.60. The minimum Gasteiger partial charge on any atom is -0.305 e. The molecule has 0 radical (unpaired) electrons. The van der Waals surface area contributed by atoms with Crippen LogP contribution in [0.15, 0.2) is 24.4 Å². The van der Waals surface area contributed by atoms with Crippen LogP contribution in [0.4, 0.5) is 5.82 Å². The van der Waals surface area contributed by atoms with Crippen LogP contribution in [0, 0.1) is 6.92 Å². The number of aryl methyl sites for hydroxylation is 1. The molecule has 0 aliphatic heterocycles. The van der Waals surface area contributed by atoms with E-state index in [1.165, 1.54) is 6.20 Å². The summed E-state index contributed by atoms with van der Waals surface area (Å²) in [6.07, 6.45) is 1.41. The molecule has 0 aromatic carbocycles. The highest BCUT2D eigenvalue weighted by Crippen LogP contribution is 2.09. The molecule has 0 saturated heterocycles. The summed E-state index contributed by atoms with van der Waals surface area (Å²) in [6, 6.07) is 4.90. The van der Waals surface area contributed by atoms with Gasteiger partial charge in [-0.3, -0.25) is 9.89 Å². The number of H-pyrrole nitrogens is 1. The zero-order valence-electron chi connectivity index (χ0n) is 8.49. The molecule has 0 spiro atoms. The normalized spacial score (nSPS) is 10.1. The third kappa shape index (κ3) is 2.38. The molecule has 2 heterocycles. The average Bonchev–Trinajstić information content (AvgIpc) is 2.65. The summed E-state index contributed by atoms with van der Waals surface area (Å²) in [5, 5.41) is 9.62. The summed E-state index contributed by atoms with van der Waals surface area (Å²) < 4.78 is 0. The van der Waals surface area contributed by atoms with Crippen LogP contribution in [0.25, 0.3) is 0 Å². The Morgan fingerprint density at radius 2 is 2.31 bits per heavy atom. The quantitative estimate of drug-likeness (QED) is 0.784. The lowest BCUT2D eigenvalue weighted by atomic mass is 10.3. The summed E-state index contributed by atoms with van der Waals surface area (Å²) in [4.78, 5) is 15.5.